The average Bonchev–Trinajstić information content (AvgIpc) is 3.42. The summed E-state index contributed by atoms with van der Waals surface area (Å²) in [4.78, 5) is 13.4. The van der Waals surface area contributed by atoms with E-state index in [0.717, 1.165) is 37.1 Å². The lowest BCUT2D eigenvalue weighted by Crippen LogP contribution is -2.34. The van der Waals surface area contributed by atoms with Crippen LogP contribution in [-0.4, -0.2) is 37.2 Å². The molecule has 0 amide bonds. The number of benzene rings is 1. The van der Waals surface area contributed by atoms with Crippen LogP contribution in [0.4, 0.5) is 13.2 Å². The summed E-state index contributed by atoms with van der Waals surface area (Å²) in [6.07, 6.45) is -1.05. The van der Waals surface area contributed by atoms with Crippen LogP contribution in [0.3, 0.4) is 0 Å². The molecule has 4 rings (SSSR count). The average molecular weight is 437 g/mol. The number of hydrogen-bond acceptors (Lipinski definition) is 6. The van der Waals surface area contributed by atoms with Gasteiger partial charge in [0.05, 0.1) is 11.2 Å². The lowest BCUT2D eigenvalue weighted by atomic mass is 9.99. The highest BCUT2D eigenvalue weighted by Gasteiger charge is 2.38. The van der Waals surface area contributed by atoms with Gasteiger partial charge in [-0.3, -0.25) is 0 Å². The monoisotopic (exact) mass is 437 g/mol. The number of aliphatic carboxylic acids is 1. The van der Waals surface area contributed by atoms with Gasteiger partial charge in [-0.15, -0.1) is 0 Å². The highest BCUT2D eigenvalue weighted by atomic mass is 19.4. The van der Waals surface area contributed by atoms with Crippen molar-refractivity contribution in [2.24, 2.45) is 5.73 Å². The predicted molar refractivity (Wildman–Crippen MR) is 104 cm³/mol. The van der Waals surface area contributed by atoms with Crippen LogP contribution in [0.2, 0.25) is 0 Å². The van der Waals surface area contributed by atoms with Crippen LogP contribution in [-0.2, 0) is 10.3 Å². The fraction of sp³-hybridized carbons (Fsp3) is 0.400. The van der Waals surface area contributed by atoms with Gasteiger partial charge in [0.2, 0.25) is 0 Å². The van der Waals surface area contributed by atoms with Crippen molar-refractivity contribution in [2.75, 3.05) is 0 Å². The maximum atomic E-state index is 10.6. The number of rotatable bonds is 3. The number of alkyl halides is 3. The molecule has 166 valence electrons. The molecule has 8 nitrogen and oxygen atoms in total. The Bertz CT molecular complexity index is 1050. The minimum absolute atomic E-state index is 0.427. The van der Waals surface area contributed by atoms with E-state index in [4.69, 9.17) is 20.2 Å². The highest BCUT2D eigenvalue weighted by molar-refractivity contribution is 5.73. The van der Waals surface area contributed by atoms with Gasteiger partial charge in [0, 0.05) is 5.69 Å². The zero-order valence-electron chi connectivity index (χ0n) is 17.0. The summed E-state index contributed by atoms with van der Waals surface area (Å²) in [6.45, 7) is 4.08. The summed E-state index contributed by atoms with van der Waals surface area (Å²) in [6, 6.07) is 10.2. The Labute approximate surface area is 175 Å². The Morgan fingerprint density at radius 3 is 2.32 bits per heavy atom. The summed E-state index contributed by atoms with van der Waals surface area (Å²) in [5.41, 5.74) is 9.87. The molecule has 0 unspecified atom stereocenters. The molecular weight excluding hydrogens is 415 g/mol. The Balaban J connectivity index is 0.000000339. The van der Waals surface area contributed by atoms with Crippen LogP contribution in [0.15, 0.2) is 34.9 Å². The molecule has 1 aromatic carbocycles. The first-order valence-corrected chi connectivity index (χ1v) is 9.57. The number of aryl methyl sites for hydroxylation is 2. The molecule has 1 aliphatic carbocycles. The molecule has 0 spiro atoms. The Kier molecular flexibility index (Phi) is 6.16. The maximum Gasteiger partial charge on any atom is 0.490 e. The molecule has 3 aromatic rings. The summed E-state index contributed by atoms with van der Waals surface area (Å²) in [5.74, 6) is -1.74. The second kappa shape index (κ2) is 8.50. The molecule has 0 atom stereocenters. The number of nitrogens with two attached hydrogens (primary N) is 1. The second-order valence-electron chi connectivity index (χ2n) is 7.51. The Morgan fingerprint density at radius 1 is 1.19 bits per heavy atom. The van der Waals surface area contributed by atoms with E-state index in [-0.39, 0.29) is 0 Å². The van der Waals surface area contributed by atoms with Crippen molar-refractivity contribution in [3.8, 4) is 17.3 Å². The van der Waals surface area contributed by atoms with E-state index in [2.05, 4.69) is 34.3 Å². The van der Waals surface area contributed by atoms with E-state index < -0.39 is 17.7 Å². The van der Waals surface area contributed by atoms with Crippen molar-refractivity contribution in [1.29, 1.82) is 0 Å². The predicted octanol–water partition coefficient (Wildman–Crippen LogP) is 3.90. The topological polar surface area (TPSA) is 120 Å². The van der Waals surface area contributed by atoms with Gasteiger partial charge in [-0.2, -0.15) is 23.3 Å². The second-order valence-corrected chi connectivity index (χ2v) is 7.51. The number of halogens is 3. The van der Waals surface area contributed by atoms with Crippen molar-refractivity contribution in [2.45, 2.75) is 51.2 Å². The highest BCUT2D eigenvalue weighted by Crippen LogP contribution is 2.35. The first kappa shape index (κ1) is 22.5. The number of hydrogen-bond donors (Lipinski definition) is 2. The number of carboxylic acid groups (broad SMARTS) is 1. The summed E-state index contributed by atoms with van der Waals surface area (Å²) < 4.78 is 39.1. The van der Waals surface area contributed by atoms with Gasteiger partial charge in [-0.25, -0.2) is 9.48 Å². The molecule has 0 aliphatic heterocycles. The molecule has 11 heteroatoms. The zero-order valence-corrected chi connectivity index (χ0v) is 17.0. The molecule has 0 radical (unpaired) electrons. The summed E-state index contributed by atoms with van der Waals surface area (Å²) in [7, 11) is 0. The van der Waals surface area contributed by atoms with Gasteiger partial charge in [-0.05, 0) is 44.9 Å². The Morgan fingerprint density at radius 2 is 1.77 bits per heavy atom. The van der Waals surface area contributed by atoms with Gasteiger partial charge in [-0.1, -0.05) is 35.7 Å². The third-order valence-corrected chi connectivity index (χ3v) is 4.99. The largest absolute Gasteiger partial charge is 0.490 e. The molecule has 3 N–H and O–H groups in total. The van der Waals surface area contributed by atoms with Gasteiger partial charge in [0.15, 0.2) is 11.5 Å². The lowest BCUT2D eigenvalue weighted by Gasteiger charge is -2.17. The van der Waals surface area contributed by atoms with Gasteiger partial charge >= 0.3 is 12.1 Å². The maximum absolute atomic E-state index is 10.6. The SMILES string of the molecule is Cc1ccc(-n2nc(-c3nc(C4(N)CCCC4)no3)cc2C)cc1.O=C(O)C(F)(F)F. The smallest absolute Gasteiger partial charge is 0.475 e. The molecule has 1 aliphatic rings. The van der Waals surface area contributed by atoms with Crippen molar-refractivity contribution in [3.05, 3.63) is 47.4 Å². The standard InChI is InChI=1S/C18H21N5O.C2HF3O2/c1-12-5-7-14(8-6-12)23-13(2)11-15(21-23)16-20-17(22-24-16)18(19)9-3-4-10-18;3-2(4,5)1(6)7/h5-8,11H,3-4,9-10,19H2,1-2H3;(H,6,7). The van der Waals surface area contributed by atoms with Crippen molar-refractivity contribution in [1.82, 2.24) is 19.9 Å². The Hall–Kier alpha value is -3.21. The van der Waals surface area contributed by atoms with Crippen LogP contribution in [0.1, 0.15) is 42.8 Å². The molecule has 0 bridgehead atoms. The third kappa shape index (κ3) is 5.10. The molecule has 1 fully saturated rings. The van der Waals surface area contributed by atoms with E-state index in [9.17, 15) is 13.2 Å². The molecular formula is C20H22F3N5O3. The first-order valence-electron chi connectivity index (χ1n) is 9.57. The van der Waals surface area contributed by atoms with Crippen LogP contribution in [0.25, 0.3) is 17.3 Å². The quantitative estimate of drug-likeness (QED) is 0.638. The van der Waals surface area contributed by atoms with Gasteiger partial charge < -0.3 is 15.4 Å². The molecule has 1 saturated carbocycles. The third-order valence-electron chi connectivity index (χ3n) is 4.99. The van der Waals surface area contributed by atoms with Crippen molar-refractivity contribution in [3.63, 3.8) is 0 Å². The van der Waals surface area contributed by atoms with Gasteiger partial charge in [0.25, 0.3) is 5.89 Å². The molecule has 2 aromatic heterocycles. The minimum atomic E-state index is -5.08. The fourth-order valence-electron chi connectivity index (χ4n) is 3.29. The number of aromatic nitrogens is 4. The van der Waals surface area contributed by atoms with Crippen LogP contribution in [0, 0.1) is 13.8 Å². The van der Waals surface area contributed by atoms with Crippen LogP contribution < -0.4 is 5.73 Å². The lowest BCUT2D eigenvalue weighted by molar-refractivity contribution is -0.192. The zero-order chi connectivity index (χ0) is 22.8. The molecule has 0 saturated heterocycles. The van der Waals surface area contributed by atoms with Gasteiger partial charge in [0.1, 0.15) is 0 Å². The van der Waals surface area contributed by atoms with E-state index in [1.807, 2.05) is 29.8 Å². The first-order chi connectivity index (χ1) is 14.5. The molecule has 2 heterocycles. The number of nitrogens with zero attached hydrogens (tertiary/aromatic N) is 4. The van der Waals surface area contributed by atoms with Crippen LogP contribution >= 0.6 is 0 Å². The fourth-order valence-corrected chi connectivity index (χ4v) is 3.29. The summed E-state index contributed by atoms with van der Waals surface area (Å²) in [5, 5.41) is 15.9. The van der Waals surface area contributed by atoms with E-state index in [1.54, 1.807) is 0 Å². The van der Waals surface area contributed by atoms with E-state index in [0.29, 0.717) is 17.4 Å². The minimum Gasteiger partial charge on any atom is -0.475 e. The number of carboxylic acids is 1. The number of carbonyl (C=O) groups is 1. The van der Waals surface area contributed by atoms with E-state index >= 15 is 0 Å². The van der Waals surface area contributed by atoms with Crippen molar-refractivity contribution < 1.29 is 27.6 Å². The van der Waals surface area contributed by atoms with Crippen molar-refractivity contribution >= 4 is 5.97 Å². The summed E-state index contributed by atoms with van der Waals surface area (Å²) >= 11 is 0. The molecule has 31 heavy (non-hydrogen) atoms. The normalized spacial score (nSPS) is 15.4. The van der Waals surface area contributed by atoms with Crippen LogP contribution in [0.5, 0.6) is 0 Å². The van der Waals surface area contributed by atoms with E-state index in [1.165, 1.54) is 5.56 Å².